The van der Waals surface area contributed by atoms with Gasteiger partial charge < -0.3 is 10.2 Å². The minimum absolute atomic E-state index is 0.0539. The van der Waals surface area contributed by atoms with Crippen molar-refractivity contribution in [2.75, 3.05) is 26.7 Å². The smallest absolute Gasteiger partial charge is 0.325 e. The monoisotopic (exact) mass is 493 g/mol. The molecule has 8 nitrogen and oxygen atoms in total. The van der Waals surface area contributed by atoms with Gasteiger partial charge in [-0.25, -0.2) is 9.18 Å². The number of hydrogen-bond acceptors (Lipinski definition) is 5. The highest BCUT2D eigenvalue weighted by molar-refractivity contribution is 6.07. The number of amides is 4. The maximum Gasteiger partial charge on any atom is 0.325 e. The molecule has 3 aliphatic heterocycles. The molecule has 5 rings (SSSR count). The molecule has 2 aromatic rings. The van der Waals surface area contributed by atoms with Crippen LogP contribution in [0.4, 0.5) is 9.18 Å². The molecule has 3 saturated heterocycles. The quantitative estimate of drug-likeness (QED) is 0.648. The number of carbonyl (C=O) groups is 3. The van der Waals surface area contributed by atoms with Crippen LogP contribution in [0.1, 0.15) is 43.2 Å². The number of halogens is 1. The van der Waals surface area contributed by atoms with Crippen LogP contribution in [-0.4, -0.2) is 70.3 Å². The largest absolute Gasteiger partial charge is 0.341 e. The summed E-state index contributed by atoms with van der Waals surface area (Å²) in [6.45, 7) is 2.06. The fourth-order valence-corrected chi connectivity index (χ4v) is 5.95. The summed E-state index contributed by atoms with van der Waals surface area (Å²) in [5.74, 6) is -0.738. The number of hydrogen-bond donors (Lipinski definition) is 1. The number of benzene rings is 1. The topological polar surface area (TPSA) is 85.8 Å². The van der Waals surface area contributed by atoms with Crippen LogP contribution in [0.2, 0.25) is 0 Å². The lowest BCUT2D eigenvalue weighted by Gasteiger charge is -2.43. The Kier molecular flexibility index (Phi) is 6.75. The number of rotatable bonds is 5. The second-order valence-corrected chi connectivity index (χ2v) is 10.1. The van der Waals surface area contributed by atoms with E-state index in [2.05, 4.69) is 15.2 Å². The van der Waals surface area contributed by atoms with E-state index >= 15 is 0 Å². The molecule has 36 heavy (non-hydrogen) atoms. The average molecular weight is 494 g/mol. The van der Waals surface area contributed by atoms with E-state index in [9.17, 15) is 18.8 Å². The number of aromatic nitrogens is 1. The van der Waals surface area contributed by atoms with Crippen LogP contribution >= 0.6 is 0 Å². The van der Waals surface area contributed by atoms with Gasteiger partial charge in [0.25, 0.3) is 5.91 Å². The molecule has 4 heterocycles. The van der Waals surface area contributed by atoms with Crippen LogP contribution in [0.5, 0.6) is 0 Å². The van der Waals surface area contributed by atoms with Crippen LogP contribution in [0.3, 0.4) is 0 Å². The van der Waals surface area contributed by atoms with Crippen molar-refractivity contribution in [1.29, 1.82) is 0 Å². The molecule has 0 radical (unpaired) electrons. The molecule has 2 unspecified atom stereocenters. The van der Waals surface area contributed by atoms with E-state index in [1.807, 2.05) is 18.0 Å². The molecular weight excluding hydrogens is 461 g/mol. The van der Waals surface area contributed by atoms with E-state index < -0.39 is 11.6 Å². The molecule has 9 heteroatoms. The number of pyridine rings is 1. The van der Waals surface area contributed by atoms with Crippen molar-refractivity contribution in [2.24, 2.45) is 5.92 Å². The van der Waals surface area contributed by atoms with Crippen LogP contribution in [0, 0.1) is 11.7 Å². The Balaban J connectivity index is 1.37. The van der Waals surface area contributed by atoms with Gasteiger partial charge in [-0.05, 0) is 69.0 Å². The zero-order chi connectivity index (χ0) is 25.3. The van der Waals surface area contributed by atoms with Crippen molar-refractivity contribution in [2.45, 2.75) is 50.2 Å². The van der Waals surface area contributed by atoms with Gasteiger partial charge in [-0.1, -0.05) is 24.6 Å². The Morgan fingerprint density at radius 3 is 2.50 bits per heavy atom. The second kappa shape index (κ2) is 9.97. The standard InChI is InChI=1S/C27H32FN5O3/c1-31-14-3-2-6-23(31)24(34)32-15-11-20(12-16-32)27(21-5-4-13-29-17-21)25(35)33(26(36)30-27)18-19-7-9-22(28)10-8-19/h4-5,7-10,13,17,20,23H,2-3,6,11-12,14-16,18H2,1H3,(H,30,36). The third-order valence-corrected chi connectivity index (χ3v) is 7.98. The number of likely N-dealkylation sites (N-methyl/N-ethyl adjacent to an activating group) is 1. The molecule has 4 amide bonds. The molecule has 0 aliphatic carbocycles. The number of piperidine rings is 2. The number of carbonyl (C=O) groups excluding carboxylic acids is 3. The first-order valence-corrected chi connectivity index (χ1v) is 12.7. The minimum atomic E-state index is -1.25. The number of likely N-dealkylation sites (tertiary alicyclic amines) is 2. The lowest BCUT2D eigenvalue weighted by Crippen LogP contribution is -2.56. The molecule has 3 fully saturated rings. The van der Waals surface area contributed by atoms with Crippen molar-refractivity contribution in [3.8, 4) is 0 Å². The van der Waals surface area contributed by atoms with Gasteiger partial charge in [0.2, 0.25) is 5.91 Å². The first-order chi connectivity index (χ1) is 17.4. The number of imide groups is 1. The van der Waals surface area contributed by atoms with Crippen molar-refractivity contribution < 1.29 is 18.8 Å². The maximum absolute atomic E-state index is 14.0. The summed E-state index contributed by atoms with van der Waals surface area (Å²) < 4.78 is 13.4. The Bertz CT molecular complexity index is 1120. The van der Waals surface area contributed by atoms with E-state index in [1.54, 1.807) is 30.6 Å². The predicted octanol–water partition coefficient (Wildman–Crippen LogP) is 2.89. The Labute approximate surface area is 210 Å². The highest BCUT2D eigenvalue weighted by Gasteiger charge is 2.57. The van der Waals surface area contributed by atoms with E-state index in [4.69, 9.17) is 0 Å². The van der Waals surface area contributed by atoms with Crippen molar-refractivity contribution in [1.82, 2.24) is 25.0 Å². The molecule has 0 spiro atoms. The Morgan fingerprint density at radius 2 is 1.83 bits per heavy atom. The second-order valence-electron chi connectivity index (χ2n) is 10.1. The normalized spacial score (nSPS) is 25.8. The zero-order valence-electron chi connectivity index (χ0n) is 20.5. The fraction of sp³-hybridized carbons (Fsp3) is 0.481. The molecule has 190 valence electrons. The van der Waals surface area contributed by atoms with Gasteiger partial charge in [-0.15, -0.1) is 0 Å². The molecule has 1 aromatic heterocycles. The first-order valence-electron chi connectivity index (χ1n) is 12.7. The molecule has 0 saturated carbocycles. The highest BCUT2D eigenvalue weighted by Crippen LogP contribution is 2.42. The Hall–Kier alpha value is -3.33. The number of nitrogens with zero attached hydrogens (tertiary/aromatic N) is 4. The summed E-state index contributed by atoms with van der Waals surface area (Å²) in [5, 5.41) is 3.01. The van der Waals surface area contributed by atoms with Gasteiger partial charge >= 0.3 is 6.03 Å². The summed E-state index contributed by atoms with van der Waals surface area (Å²) in [7, 11) is 2.01. The molecule has 0 bridgehead atoms. The number of urea groups is 1. The van der Waals surface area contributed by atoms with Crippen LogP contribution < -0.4 is 5.32 Å². The van der Waals surface area contributed by atoms with Crippen LogP contribution in [-0.2, 0) is 21.7 Å². The summed E-state index contributed by atoms with van der Waals surface area (Å²) in [6.07, 6.45) is 7.51. The fourth-order valence-electron chi connectivity index (χ4n) is 5.95. The van der Waals surface area contributed by atoms with Gasteiger partial charge in [-0.3, -0.25) is 24.4 Å². The summed E-state index contributed by atoms with van der Waals surface area (Å²) in [5.41, 5.74) is 0.0583. The van der Waals surface area contributed by atoms with Crippen molar-refractivity contribution in [3.05, 3.63) is 65.7 Å². The average Bonchev–Trinajstić information content (AvgIpc) is 3.16. The zero-order valence-corrected chi connectivity index (χ0v) is 20.5. The predicted molar refractivity (Wildman–Crippen MR) is 131 cm³/mol. The molecule has 3 aliphatic rings. The third kappa shape index (κ3) is 4.36. The summed E-state index contributed by atoms with van der Waals surface area (Å²) in [4.78, 5) is 49.8. The van der Waals surface area contributed by atoms with Gasteiger partial charge in [-0.2, -0.15) is 0 Å². The summed E-state index contributed by atoms with van der Waals surface area (Å²) in [6, 6.07) is 8.81. The van der Waals surface area contributed by atoms with E-state index in [0.717, 1.165) is 25.8 Å². The lowest BCUT2D eigenvalue weighted by atomic mass is 9.73. The molecular formula is C27H32FN5O3. The molecule has 1 aromatic carbocycles. The van der Waals surface area contributed by atoms with Gasteiger partial charge in [0.05, 0.1) is 12.6 Å². The van der Waals surface area contributed by atoms with E-state index in [-0.39, 0.29) is 36.1 Å². The first kappa shape index (κ1) is 24.4. The third-order valence-electron chi connectivity index (χ3n) is 7.98. The van der Waals surface area contributed by atoms with Crippen LogP contribution in [0.25, 0.3) is 0 Å². The van der Waals surface area contributed by atoms with Crippen molar-refractivity contribution >= 4 is 17.8 Å². The minimum Gasteiger partial charge on any atom is -0.341 e. The SMILES string of the molecule is CN1CCCCC1C(=O)N1CCC(C2(c3cccnc3)NC(=O)N(Cc3ccc(F)cc3)C2=O)CC1. The Morgan fingerprint density at radius 1 is 1.08 bits per heavy atom. The lowest BCUT2D eigenvalue weighted by molar-refractivity contribution is -0.140. The van der Waals surface area contributed by atoms with Crippen LogP contribution in [0.15, 0.2) is 48.8 Å². The van der Waals surface area contributed by atoms with Gasteiger partial charge in [0, 0.05) is 31.0 Å². The van der Waals surface area contributed by atoms with E-state index in [0.29, 0.717) is 37.1 Å². The van der Waals surface area contributed by atoms with E-state index in [1.165, 1.54) is 17.0 Å². The van der Waals surface area contributed by atoms with Crippen molar-refractivity contribution in [3.63, 3.8) is 0 Å². The molecule has 2 atom stereocenters. The highest BCUT2D eigenvalue weighted by atomic mass is 19.1. The summed E-state index contributed by atoms with van der Waals surface area (Å²) >= 11 is 0. The molecule has 1 N–H and O–H groups in total. The maximum atomic E-state index is 14.0. The van der Waals surface area contributed by atoms with Gasteiger partial charge in [0.1, 0.15) is 5.82 Å². The number of nitrogens with one attached hydrogen (secondary N) is 1. The van der Waals surface area contributed by atoms with Gasteiger partial charge in [0.15, 0.2) is 5.54 Å².